The highest BCUT2D eigenvalue weighted by Gasteiger charge is 2.18. The second-order valence-electron chi connectivity index (χ2n) is 3.85. The van der Waals surface area contributed by atoms with Gasteiger partial charge in [-0.2, -0.15) is 0 Å². The van der Waals surface area contributed by atoms with Crippen LogP contribution in [0.4, 0.5) is 5.69 Å². The monoisotopic (exact) mass is 246 g/mol. The fourth-order valence-corrected chi connectivity index (χ4v) is 1.80. The Morgan fingerprint density at radius 3 is 2.78 bits per heavy atom. The van der Waals surface area contributed by atoms with Crippen molar-refractivity contribution in [2.45, 2.75) is 13.8 Å². The fraction of sp³-hybridized carbons (Fsp3) is 0.231. The van der Waals surface area contributed by atoms with E-state index in [1.54, 1.807) is 6.92 Å². The third-order valence-corrected chi connectivity index (χ3v) is 2.59. The van der Waals surface area contributed by atoms with Gasteiger partial charge in [0.25, 0.3) is 0 Å². The fourth-order valence-electron chi connectivity index (χ4n) is 1.80. The minimum absolute atomic E-state index is 0.180. The Morgan fingerprint density at radius 2 is 2.06 bits per heavy atom. The average Bonchev–Trinajstić information content (AvgIpc) is 2.66. The van der Waals surface area contributed by atoms with Crippen molar-refractivity contribution in [1.82, 2.24) is 4.98 Å². The van der Waals surface area contributed by atoms with Crippen LogP contribution in [0.2, 0.25) is 0 Å². The summed E-state index contributed by atoms with van der Waals surface area (Å²) in [6.45, 7) is 3.67. The van der Waals surface area contributed by atoms with Crippen LogP contribution >= 0.6 is 0 Å². The lowest BCUT2D eigenvalue weighted by atomic mass is 10.2. The van der Waals surface area contributed by atoms with Crippen LogP contribution in [0.1, 0.15) is 12.6 Å². The maximum atomic E-state index is 11.6. The molecule has 0 unspecified atom stereocenters. The van der Waals surface area contributed by atoms with E-state index in [1.165, 1.54) is 0 Å². The molecule has 0 spiro atoms. The van der Waals surface area contributed by atoms with E-state index in [9.17, 15) is 9.59 Å². The first-order valence-corrected chi connectivity index (χ1v) is 5.69. The van der Waals surface area contributed by atoms with Crippen LogP contribution in [-0.2, 0) is 14.3 Å². The van der Waals surface area contributed by atoms with Gasteiger partial charge < -0.3 is 15.0 Å². The van der Waals surface area contributed by atoms with E-state index >= 15 is 0 Å². The number of hydrogen-bond donors (Lipinski definition) is 2. The summed E-state index contributed by atoms with van der Waals surface area (Å²) >= 11 is 0. The van der Waals surface area contributed by atoms with Gasteiger partial charge in [0.1, 0.15) is 0 Å². The van der Waals surface area contributed by atoms with Crippen molar-refractivity contribution in [3.8, 4) is 0 Å². The quantitative estimate of drug-likeness (QED) is 0.628. The van der Waals surface area contributed by atoms with Crippen molar-refractivity contribution in [3.05, 3.63) is 30.0 Å². The Morgan fingerprint density at radius 1 is 1.33 bits per heavy atom. The van der Waals surface area contributed by atoms with Gasteiger partial charge in [0.05, 0.1) is 12.3 Å². The summed E-state index contributed by atoms with van der Waals surface area (Å²) in [6, 6.07) is 7.55. The summed E-state index contributed by atoms with van der Waals surface area (Å²) < 4.78 is 4.64. The molecule has 0 aliphatic rings. The molecule has 94 valence electrons. The summed E-state index contributed by atoms with van der Waals surface area (Å²) in [5.74, 6) is -1.63. The third kappa shape index (κ3) is 2.20. The van der Waals surface area contributed by atoms with Gasteiger partial charge >= 0.3 is 11.9 Å². The summed E-state index contributed by atoms with van der Waals surface area (Å²) in [4.78, 5) is 26.0. The van der Waals surface area contributed by atoms with E-state index in [2.05, 4.69) is 15.0 Å². The first kappa shape index (κ1) is 12.2. The van der Waals surface area contributed by atoms with Crippen LogP contribution in [0.5, 0.6) is 0 Å². The van der Waals surface area contributed by atoms with E-state index in [1.807, 2.05) is 31.2 Å². The zero-order valence-electron chi connectivity index (χ0n) is 10.2. The molecule has 0 aliphatic heterocycles. The molecule has 1 aromatic heterocycles. The molecule has 5 heteroatoms. The van der Waals surface area contributed by atoms with Gasteiger partial charge in [0, 0.05) is 16.6 Å². The van der Waals surface area contributed by atoms with Crippen LogP contribution in [0.15, 0.2) is 24.3 Å². The highest BCUT2D eigenvalue weighted by Crippen LogP contribution is 2.26. The number of rotatable bonds is 2. The maximum absolute atomic E-state index is 11.6. The van der Waals surface area contributed by atoms with Gasteiger partial charge in [-0.15, -0.1) is 0 Å². The van der Waals surface area contributed by atoms with E-state index < -0.39 is 11.9 Å². The molecule has 0 aliphatic carbocycles. The molecule has 2 aromatic rings. The van der Waals surface area contributed by atoms with Crippen molar-refractivity contribution in [2.75, 3.05) is 11.9 Å². The Labute approximate surface area is 104 Å². The highest BCUT2D eigenvalue weighted by atomic mass is 16.5. The van der Waals surface area contributed by atoms with E-state index in [4.69, 9.17) is 0 Å². The second-order valence-corrected chi connectivity index (χ2v) is 3.85. The average molecular weight is 246 g/mol. The SMILES string of the molecule is CCOC(=O)C(=O)Nc1c(C)[nH]c2ccccc12. The molecule has 5 nitrogen and oxygen atoms in total. The van der Waals surface area contributed by atoms with Crippen LogP contribution in [0.3, 0.4) is 0 Å². The van der Waals surface area contributed by atoms with Gasteiger partial charge in [-0.3, -0.25) is 4.79 Å². The van der Waals surface area contributed by atoms with Crippen molar-refractivity contribution in [3.63, 3.8) is 0 Å². The number of anilines is 1. The Balaban J connectivity index is 2.29. The third-order valence-electron chi connectivity index (χ3n) is 2.59. The van der Waals surface area contributed by atoms with E-state index in [0.717, 1.165) is 16.6 Å². The second kappa shape index (κ2) is 4.91. The van der Waals surface area contributed by atoms with Gasteiger partial charge in [-0.25, -0.2) is 4.79 Å². The normalized spacial score (nSPS) is 10.3. The lowest BCUT2D eigenvalue weighted by Gasteiger charge is -2.04. The molecular weight excluding hydrogens is 232 g/mol. The minimum Gasteiger partial charge on any atom is -0.459 e. The first-order valence-electron chi connectivity index (χ1n) is 5.69. The van der Waals surface area contributed by atoms with Crippen LogP contribution < -0.4 is 5.32 Å². The van der Waals surface area contributed by atoms with Crippen molar-refractivity contribution in [2.24, 2.45) is 0 Å². The van der Waals surface area contributed by atoms with Gasteiger partial charge in [-0.05, 0) is 19.9 Å². The molecule has 2 rings (SSSR count). The predicted octanol–water partition coefficient (Wildman–Crippen LogP) is 1.98. The number of esters is 1. The van der Waals surface area contributed by atoms with Crippen molar-refractivity contribution in [1.29, 1.82) is 0 Å². The molecule has 0 saturated carbocycles. The first-order chi connectivity index (χ1) is 8.63. The molecule has 0 radical (unpaired) electrons. The molecule has 0 bridgehead atoms. The molecule has 0 fully saturated rings. The number of benzene rings is 1. The van der Waals surface area contributed by atoms with Crippen LogP contribution in [-0.4, -0.2) is 23.5 Å². The van der Waals surface area contributed by atoms with Crippen molar-refractivity contribution < 1.29 is 14.3 Å². The van der Waals surface area contributed by atoms with Crippen LogP contribution in [0, 0.1) is 6.92 Å². The standard InChI is InChI=1S/C13H14N2O3/c1-3-18-13(17)12(16)15-11-8(2)14-10-7-5-4-6-9(10)11/h4-7,14H,3H2,1-2H3,(H,15,16). The Bertz CT molecular complexity index is 601. The number of aromatic amines is 1. The topological polar surface area (TPSA) is 71.2 Å². The number of ether oxygens (including phenoxy) is 1. The van der Waals surface area contributed by atoms with Gasteiger partial charge in [-0.1, -0.05) is 18.2 Å². The number of amides is 1. The summed E-state index contributed by atoms with van der Waals surface area (Å²) in [7, 11) is 0. The molecule has 1 amide bonds. The molecule has 1 aromatic carbocycles. The molecule has 0 saturated heterocycles. The summed E-state index contributed by atoms with van der Waals surface area (Å²) in [6.07, 6.45) is 0. The predicted molar refractivity (Wildman–Crippen MR) is 68.3 cm³/mol. The number of hydrogen-bond acceptors (Lipinski definition) is 3. The number of carbonyl (C=O) groups excluding carboxylic acids is 2. The number of fused-ring (bicyclic) bond motifs is 1. The van der Waals surface area contributed by atoms with Crippen molar-refractivity contribution >= 4 is 28.5 Å². The van der Waals surface area contributed by atoms with E-state index in [-0.39, 0.29) is 6.61 Å². The number of para-hydroxylation sites is 1. The molecule has 2 N–H and O–H groups in total. The number of aromatic nitrogens is 1. The molecular formula is C13H14N2O3. The number of H-pyrrole nitrogens is 1. The summed E-state index contributed by atoms with van der Waals surface area (Å²) in [5.41, 5.74) is 2.33. The van der Waals surface area contributed by atoms with Gasteiger partial charge in [0.2, 0.25) is 0 Å². The Hall–Kier alpha value is -2.30. The number of aryl methyl sites for hydroxylation is 1. The smallest absolute Gasteiger partial charge is 0.397 e. The number of nitrogens with one attached hydrogen (secondary N) is 2. The summed E-state index contributed by atoms with van der Waals surface area (Å²) in [5, 5.41) is 3.44. The zero-order valence-corrected chi connectivity index (χ0v) is 10.2. The van der Waals surface area contributed by atoms with E-state index in [0.29, 0.717) is 5.69 Å². The number of carbonyl (C=O) groups is 2. The lowest BCUT2D eigenvalue weighted by Crippen LogP contribution is -2.25. The zero-order chi connectivity index (χ0) is 13.1. The molecule has 0 atom stereocenters. The maximum Gasteiger partial charge on any atom is 0.397 e. The highest BCUT2D eigenvalue weighted by molar-refractivity contribution is 6.38. The Kier molecular flexibility index (Phi) is 3.32. The minimum atomic E-state index is -0.873. The molecule has 18 heavy (non-hydrogen) atoms. The van der Waals surface area contributed by atoms with Crippen LogP contribution in [0.25, 0.3) is 10.9 Å². The largest absolute Gasteiger partial charge is 0.459 e. The molecule has 1 heterocycles. The lowest BCUT2D eigenvalue weighted by molar-refractivity contribution is -0.152. The van der Waals surface area contributed by atoms with Gasteiger partial charge in [0.15, 0.2) is 0 Å².